The Morgan fingerprint density at radius 1 is 0.679 bits per heavy atom. The second-order valence-corrected chi connectivity index (χ2v) is 6.17. The second-order valence-electron chi connectivity index (χ2n) is 6.17. The van der Waals surface area contributed by atoms with Crippen LogP contribution in [-0.4, -0.2) is 22.9 Å². The van der Waals surface area contributed by atoms with Gasteiger partial charge in [0.2, 0.25) is 0 Å². The van der Waals surface area contributed by atoms with E-state index in [1.165, 1.54) is 6.07 Å². The molecule has 2 amide bonds. The maximum atomic E-state index is 12.6. The van der Waals surface area contributed by atoms with E-state index >= 15 is 0 Å². The molecule has 6 heteroatoms. The first kappa shape index (κ1) is 18.8. The first-order valence-corrected chi connectivity index (χ1v) is 8.56. The minimum Gasteiger partial charge on any atom is -0.478 e. The molecule has 0 atom stereocenters. The van der Waals surface area contributed by atoms with Gasteiger partial charge in [0.15, 0.2) is 0 Å². The van der Waals surface area contributed by atoms with E-state index in [4.69, 9.17) is 0 Å². The fourth-order valence-corrected chi connectivity index (χ4v) is 2.78. The van der Waals surface area contributed by atoms with Gasteiger partial charge in [-0.05, 0) is 42.3 Å². The molecule has 0 heterocycles. The first-order valence-electron chi connectivity index (χ1n) is 8.56. The lowest BCUT2D eigenvalue weighted by Crippen LogP contribution is -2.41. The van der Waals surface area contributed by atoms with Crippen molar-refractivity contribution in [3.63, 3.8) is 0 Å². The van der Waals surface area contributed by atoms with E-state index < -0.39 is 17.8 Å². The van der Waals surface area contributed by atoms with Gasteiger partial charge >= 0.3 is 5.97 Å². The molecule has 3 aromatic rings. The minimum absolute atomic E-state index is 0.0893. The molecule has 0 radical (unpaired) electrons. The molecule has 0 unspecified atom stereocenters. The van der Waals surface area contributed by atoms with Crippen LogP contribution in [0.25, 0.3) is 11.1 Å². The summed E-state index contributed by atoms with van der Waals surface area (Å²) >= 11 is 0. The first-order chi connectivity index (χ1) is 13.5. The molecule has 0 aromatic heterocycles. The van der Waals surface area contributed by atoms with Crippen molar-refractivity contribution in [2.24, 2.45) is 0 Å². The number of carboxylic acids is 1. The smallest absolute Gasteiger partial charge is 0.336 e. The van der Waals surface area contributed by atoms with Crippen LogP contribution in [0.2, 0.25) is 0 Å². The SMILES string of the molecule is Cc1ccc(C(=O)NNC(=O)c2ccccc2-c2ccccc2C(=O)O)cc1. The zero-order valence-corrected chi connectivity index (χ0v) is 15.1. The van der Waals surface area contributed by atoms with E-state index in [1.807, 2.05) is 6.92 Å². The molecule has 0 spiro atoms. The number of carbonyl (C=O) groups excluding carboxylic acids is 2. The van der Waals surface area contributed by atoms with Gasteiger partial charge in [-0.25, -0.2) is 4.79 Å². The number of hydrazine groups is 1. The summed E-state index contributed by atoms with van der Waals surface area (Å²) < 4.78 is 0. The highest BCUT2D eigenvalue weighted by Gasteiger charge is 2.18. The molecule has 0 aliphatic heterocycles. The van der Waals surface area contributed by atoms with Crippen LogP contribution in [0.5, 0.6) is 0 Å². The molecule has 0 aliphatic carbocycles. The van der Waals surface area contributed by atoms with E-state index in [2.05, 4.69) is 10.9 Å². The number of aryl methyl sites for hydroxylation is 1. The number of amides is 2. The Bertz CT molecular complexity index is 1040. The number of rotatable bonds is 4. The molecule has 6 nitrogen and oxygen atoms in total. The normalized spacial score (nSPS) is 10.2. The van der Waals surface area contributed by atoms with E-state index in [0.717, 1.165) is 5.56 Å². The topological polar surface area (TPSA) is 95.5 Å². The third-order valence-corrected chi connectivity index (χ3v) is 4.22. The van der Waals surface area contributed by atoms with Crippen molar-refractivity contribution in [2.45, 2.75) is 6.92 Å². The van der Waals surface area contributed by atoms with Crippen molar-refractivity contribution in [3.8, 4) is 11.1 Å². The highest BCUT2D eigenvalue weighted by molar-refractivity contribution is 6.05. The predicted molar refractivity (Wildman–Crippen MR) is 105 cm³/mol. The van der Waals surface area contributed by atoms with Crippen LogP contribution in [0, 0.1) is 6.92 Å². The maximum Gasteiger partial charge on any atom is 0.336 e. The summed E-state index contributed by atoms with van der Waals surface area (Å²) in [6, 6.07) is 20.0. The van der Waals surface area contributed by atoms with Crippen LogP contribution in [0.15, 0.2) is 72.8 Å². The fraction of sp³-hybridized carbons (Fsp3) is 0.0455. The molecule has 0 saturated heterocycles. The number of hydrogen-bond donors (Lipinski definition) is 3. The predicted octanol–water partition coefficient (Wildman–Crippen LogP) is 3.44. The summed E-state index contributed by atoms with van der Waals surface area (Å²) in [4.78, 5) is 36.3. The van der Waals surface area contributed by atoms with Gasteiger partial charge in [0.05, 0.1) is 5.56 Å². The number of aromatic carboxylic acids is 1. The Balaban J connectivity index is 1.83. The number of nitrogens with one attached hydrogen (secondary N) is 2. The monoisotopic (exact) mass is 374 g/mol. The standard InChI is InChI=1S/C22H18N2O4/c1-14-10-12-15(13-11-14)20(25)23-24-21(26)18-8-4-2-6-16(18)17-7-3-5-9-19(17)22(27)28/h2-13H,1H3,(H,23,25)(H,24,26)(H,27,28). The van der Waals surface area contributed by atoms with Crippen LogP contribution < -0.4 is 10.9 Å². The van der Waals surface area contributed by atoms with E-state index in [9.17, 15) is 19.5 Å². The molecule has 28 heavy (non-hydrogen) atoms. The third-order valence-electron chi connectivity index (χ3n) is 4.22. The quantitative estimate of drug-likeness (QED) is 0.610. The van der Waals surface area contributed by atoms with Gasteiger partial charge in [0.25, 0.3) is 11.8 Å². The minimum atomic E-state index is -1.08. The number of carboxylic acid groups (broad SMARTS) is 1. The lowest BCUT2D eigenvalue weighted by molar-refractivity contribution is 0.0697. The van der Waals surface area contributed by atoms with Gasteiger partial charge < -0.3 is 5.11 Å². The molecule has 3 N–H and O–H groups in total. The molecule has 0 aliphatic rings. The molecule has 0 bridgehead atoms. The maximum absolute atomic E-state index is 12.6. The van der Waals surface area contributed by atoms with Crippen molar-refractivity contribution in [3.05, 3.63) is 95.1 Å². The molecule has 0 fully saturated rings. The van der Waals surface area contributed by atoms with Crippen molar-refractivity contribution in [1.29, 1.82) is 0 Å². The van der Waals surface area contributed by atoms with Gasteiger partial charge in [-0.15, -0.1) is 0 Å². The fourth-order valence-electron chi connectivity index (χ4n) is 2.78. The number of benzene rings is 3. The molecule has 3 aromatic carbocycles. The average Bonchev–Trinajstić information content (AvgIpc) is 2.72. The Morgan fingerprint density at radius 3 is 1.79 bits per heavy atom. The Hall–Kier alpha value is -3.93. The van der Waals surface area contributed by atoms with Crippen LogP contribution in [-0.2, 0) is 0 Å². The summed E-state index contributed by atoms with van der Waals surface area (Å²) in [5, 5.41) is 9.42. The summed E-state index contributed by atoms with van der Waals surface area (Å²) in [5.74, 6) is -2.08. The Labute approximate surface area is 161 Å². The second kappa shape index (κ2) is 8.18. The lowest BCUT2D eigenvalue weighted by atomic mass is 9.95. The molecular formula is C22H18N2O4. The summed E-state index contributed by atoms with van der Waals surface area (Å²) in [7, 11) is 0. The highest BCUT2D eigenvalue weighted by Crippen LogP contribution is 2.27. The van der Waals surface area contributed by atoms with Gasteiger partial charge in [-0.3, -0.25) is 20.4 Å². The highest BCUT2D eigenvalue weighted by atomic mass is 16.4. The van der Waals surface area contributed by atoms with Crippen molar-refractivity contribution < 1.29 is 19.5 Å². The van der Waals surface area contributed by atoms with Crippen molar-refractivity contribution in [2.75, 3.05) is 0 Å². The lowest BCUT2D eigenvalue weighted by Gasteiger charge is -2.13. The Morgan fingerprint density at radius 2 is 1.18 bits per heavy atom. The van der Waals surface area contributed by atoms with Crippen LogP contribution >= 0.6 is 0 Å². The van der Waals surface area contributed by atoms with E-state index in [1.54, 1.807) is 66.7 Å². The molecule has 140 valence electrons. The van der Waals surface area contributed by atoms with Crippen LogP contribution in [0.4, 0.5) is 0 Å². The van der Waals surface area contributed by atoms with Gasteiger partial charge in [0, 0.05) is 11.1 Å². The number of hydrogen-bond acceptors (Lipinski definition) is 3. The summed E-state index contributed by atoms with van der Waals surface area (Å²) in [6.07, 6.45) is 0. The van der Waals surface area contributed by atoms with Gasteiger partial charge in [0.1, 0.15) is 0 Å². The molecule has 0 saturated carbocycles. The van der Waals surface area contributed by atoms with Gasteiger partial charge in [-0.2, -0.15) is 0 Å². The van der Waals surface area contributed by atoms with Crippen molar-refractivity contribution in [1.82, 2.24) is 10.9 Å². The zero-order chi connectivity index (χ0) is 20.1. The molecular weight excluding hydrogens is 356 g/mol. The zero-order valence-electron chi connectivity index (χ0n) is 15.1. The van der Waals surface area contributed by atoms with E-state index in [-0.39, 0.29) is 11.1 Å². The van der Waals surface area contributed by atoms with Crippen LogP contribution in [0.1, 0.15) is 36.6 Å². The largest absolute Gasteiger partial charge is 0.478 e. The number of carbonyl (C=O) groups is 3. The van der Waals surface area contributed by atoms with Crippen molar-refractivity contribution >= 4 is 17.8 Å². The summed E-state index contributed by atoms with van der Waals surface area (Å²) in [6.45, 7) is 1.91. The van der Waals surface area contributed by atoms with Gasteiger partial charge in [-0.1, -0.05) is 54.1 Å². The van der Waals surface area contributed by atoms with E-state index in [0.29, 0.717) is 16.7 Å². The third kappa shape index (κ3) is 4.07. The van der Waals surface area contributed by atoms with Crippen LogP contribution in [0.3, 0.4) is 0 Å². The molecule has 3 rings (SSSR count). The average molecular weight is 374 g/mol. The Kier molecular flexibility index (Phi) is 5.50. The summed E-state index contributed by atoms with van der Waals surface area (Å²) in [5.41, 5.74) is 7.42.